The molecular weight excluding hydrogens is 202 g/mol. The van der Waals surface area contributed by atoms with Gasteiger partial charge in [-0.25, -0.2) is 0 Å². The fraction of sp³-hybridized carbons (Fsp3) is 0.538. The summed E-state index contributed by atoms with van der Waals surface area (Å²) in [6.45, 7) is 5.70. The largest absolute Gasteiger partial charge is 0.494 e. The smallest absolute Gasteiger partial charge is 0.119 e. The summed E-state index contributed by atoms with van der Waals surface area (Å²) in [5.74, 6) is 2.49. The van der Waals surface area contributed by atoms with Crippen molar-refractivity contribution in [1.82, 2.24) is 5.32 Å². The molecule has 0 bridgehead atoms. The van der Waals surface area contributed by atoms with Crippen LogP contribution in [0.2, 0.25) is 0 Å². The van der Waals surface area contributed by atoms with E-state index in [1.54, 1.807) is 0 Å². The Morgan fingerprint density at radius 1 is 1.19 bits per heavy atom. The molecule has 0 amide bonds. The van der Waals surface area contributed by atoms with Crippen LogP contribution < -0.4 is 14.8 Å². The highest BCUT2D eigenvalue weighted by atomic mass is 16.5. The van der Waals surface area contributed by atoms with Crippen LogP contribution >= 0.6 is 0 Å². The lowest BCUT2D eigenvalue weighted by Gasteiger charge is -2.11. The van der Waals surface area contributed by atoms with Crippen molar-refractivity contribution in [3.8, 4) is 11.5 Å². The third-order valence-corrected chi connectivity index (χ3v) is 2.78. The van der Waals surface area contributed by atoms with Crippen LogP contribution in [-0.4, -0.2) is 26.3 Å². The molecule has 1 heterocycles. The van der Waals surface area contributed by atoms with Crippen LogP contribution in [0.5, 0.6) is 11.5 Å². The molecule has 1 atom stereocenters. The maximum atomic E-state index is 5.73. The van der Waals surface area contributed by atoms with Gasteiger partial charge in [0, 0.05) is 12.5 Å². The van der Waals surface area contributed by atoms with Crippen LogP contribution in [0.15, 0.2) is 24.3 Å². The maximum absolute atomic E-state index is 5.73. The molecule has 1 fully saturated rings. The van der Waals surface area contributed by atoms with E-state index < -0.39 is 0 Å². The summed E-state index contributed by atoms with van der Waals surface area (Å²) in [5.41, 5.74) is 0. The number of ether oxygens (including phenoxy) is 2. The number of nitrogens with one attached hydrogen (secondary N) is 1. The van der Waals surface area contributed by atoms with Crippen molar-refractivity contribution in [3.05, 3.63) is 24.3 Å². The molecule has 3 heteroatoms. The van der Waals surface area contributed by atoms with Gasteiger partial charge in [-0.15, -0.1) is 0 Å². The van der Waals surface area contributed by atoms with E-state index >= 15 is 0 Å². The van der Waals surface area contributed by atoms with E-state index in [1.165, 1.54) is 6.42 Å². The summed E-state index contributed by atoms with van der Waals surface area (Å²) in [6.07, 6.45) is 1.22. The SMILES string of the molecule is CCOc1ccc(OC[C@@H]2CCNC2)cc1. The molecule has 0 spiro atoms. The fourth-order valence-corrected chi connectivity index (χ4v) is 1.87. The summed E-state index contributed by atoms with van der Waals surface area (Å²) in [7, 11) is 0. The highest BCUT2D eigenvalue weighted by Crippen LogP contribution is 2.19. The molecule has 1 aliphatic rings. The van der Waals surface area contributed by atoms with E-state index in [-0.39, 0.29) is 0 Å². The normalized spacial score (nSPS) is 19.7. The van der Waals surface area contributed by atoms with Crippen LogP contribution in [0.25, 0.3) is 0 Å². The maximum Gasteiger partial charge on any atom is 0.119 e. The number of rotatable bonds is 5. The molecule has 1 aliphatic heterocycles. The summed E-state index contributed by atoms with van der Waals surface area (Å²) in [5, 5.41) is 3.33. The van der Waals surface area contributed by atoms with Crippen LogP contribution in [0.4, 0.5) is 0 Å². The van der Waals surface area contributed by atoms with Crippen molar-refractivity contribution in [2.45, 2.75) is 13.3 Å². The minimum absolute atomic E-state index is 0.659. The summed E-state index contributed by atoms with van der Waals surface area (Å²) < 4.78 is 11.1. The highest BCUT2D eigenvalue weighted by Gasteiger charge is 2.14. The third kappa shape index (κ3) is 3.14. The minimum Gasteiger partial charge on any atom is -0.494 e. The molecule has 0 unspecified atom stereocenters. The van der Waals surface area contributed by atoms with Gasteiger partial charge in [0.1, 0.15) is 11.5 Å². The molecular formula is C13H19NO2. The van der Waals surface area contributed by atoms with Crippen molar-refractivity contribution < 1.29 is 9.47 Å². The van der Waals surface area contributed by atoms with Crippen LogP contribution in [0, 0.1) is 5.92 Å². The lowest BCUT2D eigenvalue weighted by molar-refractivity contribution is 0.259. The average molecular weight is 221 g/mol. The van der Waals surface area contributed by atoms with Gasteiger partial charge in [0.25, 0.3) is 0 Å². The zero-order valence-corrected chi connectivity index (χ0v) is 9.74. The Morgan fingerprint density at radius 2 is 1.88 bits per heavy atom. The second kappa shape index (κ2) is 5.75. The van der Waals surface area contributed by atoms with Crippen molar-refractivity contribution >= 4 is 0 Å². The van der Waals surface area contributed by atoms with Gasteiger partial charge in [-0.05, 0) is 44.2 Å². The quantitative estimate of drug-likeness (QED) is 0.825. The monoisotopic (exact) mass is 221 g/mol. The Hall–Kier alpha value is -1.22. The first-order valence-electron chi connectivity index (χ1n) is 5.95. The standard InChI is InChI=1S/C13H19NO2/c1-2-15-12-3-5-13(6-4-12)16-10-11-7-8-14-9-11/h3-6,11,14H,2,7-10H2,1H3/t11-/m1/s1. The van der Waals surface area contributed by atoms with Gasteiger partial charge in [-0.3, -0.25) is 0 Å². The first-order chi connectivity index (χ1) is 7.88. The molecule has 1 saturated heterocycles. The number of hydrogen-bond donors (Lipinski definition) is 1. The Morgan fingerprint density at radius 3 is 2.44 bits per heavy atom. The third-order valence-electron chi connectivity index (χ3n) is 2.78. The summed E-state index contributed by atoms with van der Waals surface area (Å²) in [4.78, 5) is 0. The van der Waals surface area contributed by atoms with Gasteiger partial charge < -0.3 is 14.8 Å². The minimum atomic E-state index is 0.659. The highest BCUT2D eigenvalue weighted by molar-refractivity contribution is 5.31. The second-order valence-corrected chi connectivity index (χ2v) is 4.07. The van der Waals surface area contributed by atoms with E-state index in [0.717, 1.165) is 31.2 Å². The predicted octanol–water partition coefficient (Wildman–Crippen LogP) is 2.07. The van der Waals surface area contributed by atoms with Gasteiger partial charge in [-0.1, -0.05) is 0 Å². The lowest BCUT2D eigenvalue weighted by Crippen LogP contribution is -2.15. The molecule has 0 aliphatic carbocycles. The fourth-order valence-electron chi connectivity index (χ4n) is 1.87. The van der Waals surface area contributed by atoms with Crippen LogP contribution in [0.3, 0.4) is 0 Å². The van der Waals surface area contributed by atoms with E-state index in [1.807, 2.05) is 31.2 Å². The van der Waals surface area contributed by atoms with Crippen molar-refractivity contribution in [1.29, 1.82) is 0 Å². The molecule has 1 aromatic carbocycles. The van der Waals surface area contributed by atoms with Crippen LogP contribution in [0.1, 0.15) is 13.3 Å². The van der Waals surface area contributed by atoms with Gasteiger partial charge in [-0.2, -0.15) is 0 Å². The summed E-state index contributed by atoms with van der Waals surface area (Å²) >= 11 is 0. The zero-order chi connectivity index (χ0) is 11.2. The molecule has 1 aromatic rings. The van der Waals surface area contributed by atoms with Gasteiger partial charge in [0.2, 0.25) is 0 Å². The van der Waals surface area contributed by atoms with Gasteiger partial charge >= 0.3 is 0 Å². The second-order valence-electron chi connectivity index (χ2n) is 4.07. The molecule has 1 N–H and O–H groups in total. The van der Waals surface area contributed by atoms with Crippen molar-refractivity contribution in [2.24, 2.45) is 5.92 Å². The Balaban J connectivity index is 1.80. The van der Waals surface area contributed by atoms with E-state index in [9.17, 15) is 0 Å². The first-order valence-corrected chi connectivity index (χ1v) is 5.95. The molecule has 16 heavy (non-hydrogen) atoms. The molecule has 0 saturated carbocycles. The Kier molecular flexibility index (Phi) is 4.05. The topological polar surface area (TPSA) is 30.5 Å². The Bertz CT molecular complexity index is 304. The number of hydrogen-bond acceptors (Lipinski definition) is 3. The lowest BCUT2D eigenvalue weighted by atomic mass is 10.1. The van der Waals surface area contributed by atoms with Crippen molar-refractivity contribution in [3.63, 3.8) is 0 Å². The number of benzene rings is 1. The Labute approximate surface area is 96.8 Å². The average Bonchev–Trinajstić information content (AvgIpc) is 2.82. The van der Waals surface area contributed by atoms with Crippen LogP contribution in [-0.2, 0) is 0 Å². The molecule has 2 rings (SSSR count). The molecule has 0 aromatic heterocycles. The van der Waals surface area contributed by atoms with Gasteiger partial charge in [0.15, 0.2) is 0 Å². The first kappa shape index (κ1) is 11.3. The van der Waals surface area contributed by atoms with Gasteiger partial charge in [0.05, 0.1) is 13.2 Å². The van der Waals surface area contributed by atoms with Crippen molar-refractivity contribution in [2.75, 3.05) is 26.3 Å². The molecule has 3 nitrogen and oxygen atoms in total. The van der Waals surface area contributed by atoms with E-state index in [2.05, 4.69) is 5.32 Å². The predicted molar refractivity (Wildman–Crippen MR) is 64.1 cm³/mol. The van der Waals surface area contributed by atoms with E-state index in [4.69, 9.17) is 9.47 Å². The molecule has 88 valence electrons. The zero-order valence-electron chi connectivity index (χ0n) is 9.74. The summed E-state index contributed by atoms with van der Waals surface area (Å²) in [6, 6.07) is 7.83. The van der Waals surface area contributed by atoms with E-state index in [0.29, 0.717) is 12.5 Å². The molecule has 0 radical (unpaired) electrons.